The van der Waals surface area contributed by atoms with E-state index in [1.54, 1.807) is 6.07 Å². The Kier molecular flexibility index (Phi) is 3.74. The molecule has 0 unspecified atom stereocenters. The van der Waals surface area contributed by atoms with Crippen LogP contribution >= 0.6 is 23.4 Å². The first-order valence-corrected chi connectivity index (χ1v) is 6.04. The van der Waals surface area contributed by atoms with E-state index < -0.39 is 0 Å². The van der Waals surface area contributed by atoms with Crippen LogP contribution in [0.3, 0.4) is 0 Å². The molecule has 0 radical (unpaired) electrons. The van der Waals surface area contributed by atoms with E-state index in [-0.39, 0.29) is 0 Å². The van der Waals surface area contributed by atoms with Crippen molar-refractivity contribution in [3.8, 4) is 0 Å². The van der Waals surface area contributed by atoms with Crippen molar-refractivity contribution in [3.63, 3.8) is 0 Å². The molecule has 0 fully saturated rings. The van der Waals surface area contributed by atoms with Crippen molar-refractivity contribution in [1.82, 2.24) is 25.1 Å². The zero-order chi connectivity index (χ0) is 11.4. The molecule has 0 amide bonds. The number of hydrogen-bond acceptors (Lipinski definition) is 5. The number of rotatable bonds is 4. The molecule has 0 aliphatic rings. The van der Waals surface area contributed by atoms with Crippen molar-refractivity contribution in [3.05, 3.63) is 23.4 Å². The van der Waals surface area contributed by atoms with Crippen LogP contribution in [0.4, 0.5) is 0 Å². The summed E-state index contributed by atoms with van der Waals surface area (Å²) in [6.07, 6.45) is 3.27. The second kappa shape index (κ2) is 5.27. The van der Waals surface area contributed by atoms with Crippen LogP contribution in [-0.2, 0) is 6.42 Å². The van der Waals surface area contributed by atoms with E-state index in [0.717, 1.165) is 23.7 Å². The number of hydrogen-bond donors (Lipinski definition) is 1. The number of nitrogens with zero attached hydrogens (tertiary/aromatic N) is 4. The molecule has 84 valence electrons. The van der Waals surface area contributed by atoms with Crippen LogP contribution in [0, 0.1) is 0 Å². The van der Waals surface area contributed by atoms with Gasteiger partial charge in [-0.25, -0.2) is 15.0 Å². The van der Waals surface area contributed by atoms with E-state index in [2.05, 4.69) is 32.1 Å². The number of aromatic amines is 1. The minimum atomic E-state index is 0.459. The Hall–Kier alpha value is -1.14. The first kappa shape index (κ1) is 11.3. The summed E-state index contributed by atoms with van der Waals surface area (Å²) >= 11 is 7.30. The Labute approximate surface area is 102 Å². The number of aromatic nitrogens is 5. The van der Waals surface area contributed by atoms with Gasteiger partial charge in [0.1, 0.15) is 22.3 Å². The Morgan fingerprint density at radius 1 is 1.44 bits per heavy atom. The number of nitrogens with one attached hydrogen (secondary N) is 1. The molecule has 0 saturated carbocycles. The van der Waals surface area contributed by atoms with Gasteiger partial charge in [0.15, 0.2) is 5.16 Å². The topological polar surface area (TPSA) is 67.3 Å². The van der Waals surface area contributed by atoms with Gasteiger partial charge in [-0.15, -0.1) is 0 Å². The lowest BCUT2D eigenvalue weighted by atomic mass is 10.3. The fraction of sp³-hybridized carbons (Fsp3) is 0.333. The number of halogens is 1. The van der Waals surface area contributed by atoms with E-state index >= 15 is 0 Å². The Bertz CT molecular complexity index is 459. The Morgan fingerprint density at radius 2 is 2.31 bits per heavy atom. The van der Waals surface area contributed by atoms with Crippen molar-refractivity contribution in [2.45, 2.75) is 29.9 Å². The first-order valence-electron chi connectivity index (χ1n) is 4.84. The largest absolute Gasteiger partial charge is 0.254 e. The fourth-order valence-electron chi connectivity index (χ4n) is 1.17. The monoisotopic (exact) mass is 255 g/mol. The van der Waals surface area contributed by atoms with Crippen LogP contribution in [-0.4, -0.2) is 25.1 Å². The molecule has 16 heavy (non-hydrogen) atoms. The molecule has 7 heteroatoms. The predicted molar refractivity (Wildman–Crippen MR) is 61.5 cm³/mol. The van der Waals surface area contributed by atoms with Crippen LogP contribution in [0.1, 0.15) is 19.2 Å². The standard InChI is InChI=1S/C9H10ClN5S/c1-2-3-7-13-6(10)4-8(14-7)16-9-11-5-12-15-9/h4-5H,2-3H2,1H3,(H,11,12,15). The normalized spacial score (nSPS) is 10.6. The first-order chi connectivity index (χ1) is 7.78. The van der Waals surface area contributed by atoms with Gasteiger partial charge in [-0.3, -0.25) is 5.10 Å². The molecule has 0 bridgehead atoms. The third-order valence-electron chi connectivity index (χ3n) is 1.79. The van der Waals surface area contributed by atoms with Gasteiger partial charge >= 0.3 is 0 Å². The lowest BCUT2D eigenvalue weighted by molar-refractivity contribution is 0.808. The zero-order valence-electron chi connectivity index (χ0n) is 8.64. The highest BCUT2D eigenvalue weighted by molar-refractivity contribution is 7.99. The summed E-state index contributed by atoms with van der Waals surface area (Å²) < 4.78 is 0. The van der Waals surface area contributed by atoms with Gasteiger partial charge in [-0.2, -0.15) is 5.10 Å². The molecule has 2 rings (SSSR count). The summed E-state index contributed by atoms with van der Waals surface area (Å²) in [4.78, 5) is 12.5. The van der Waals surface area contributed by atoms with Gasteiger partial charge in [0.2, 0.25) is 0 Å². The molecule has 0 saturated heterocycles. The molecule has 1 N–H and O–H groups in total. The van der Waals surface area contributed by atoms with Crippen molar-refractivity contribution >= 4 is 23.4 Å². The van der Waals surface area contributed by atoms with E-state index in [1.807, 2.05) is 0 Å². The van der Waals surface area contributed by atoms with Crippen molar-refractivity contribution in [2.24, 2.45) is 0 Å². The highest BCUT2D eigenvalue weighted by atomic mass is 35.5. The van der Waals surface area contributed by atoms with Crippen molar-refractivity contribution in [2.75, 3.05) is 0 Å². The molecule has 0 aliphatic carbocycles. The SMILES string of the molecule is CCCc1nc(Cl)cc(Sc2ncn[nH]2)n1. The minimum Gasteiger partial charge on any atom is -0.254 e. The molecule has 0 aromatic carbocycles. The van der Waals surface area contributed by atoms with Crippen LogP contribution in [0.5, 0.6) is 0 Å². The smallest absolute Gasteiger partial charge is 0.189 e. The maximum absolute atomic E-state index is 5.92. The molecule has 5 nitrogen and oxygen atoms in total. The van der Waals surface area contributed by atoms with E-state index in [0.29, 0.717) is 10.3 Å². The minimum absolute atomic E-state index is 0.459. The molecule has 2 aromatic rings. The summed E-state index contributed by atoms with van der Waals surface area (Å²) in [6.45, 7) is 2.08. The average Bonchev–Trinajstić information content (AvgIpc) is 2.70. The van der Waals surface area contributed by atoms with E-state index in [1.165, 1.54) is 18.1 Å². The van der Waals surface area contributed by atoms with Crippen molar-refractivity contribution in [1.29, 1.82) is 0 Å². The molecule has 0 spiro atoms. The summed E-state index contributed by atoms with van der Waals surface area (Å²) in [5, 5.41) is 8.45. The van der Waals surface area contributed by atoms with Gasteiger partial charge in [0.25, 0.3) is 0 Å². The summed E-state index contributed by atoms with van der Waals surface area (Å²) in [5.41, 5.74) is 0. The van der Waals surface area contributed by atoms with Gasteiger partial charge in [0, 0.05) is 12.5 Å². The molecule has 2 heterocycles. The lowest BCUT2D eigenvalue weighted by Gasteiger charge is -2.01. The molecule has 0 aliphatic heterocycles. The second-order valence-electron chi connectivity index (χ2n) is 3.09. The van der Waals surface area contributed by atoms with Crippen LogP contribution in [0.2, 0.25) is 5.15 Å². The van der Waals surface area contributed by atoms with Crippen molar-refractivity contribution < 1.29 is 0 Å². The predicted octanol–water partition coefficient (Wildman–Crippen LogP) is 2.35. The maximum atomic E-state index is 5.92. The third kappa shape index (κ3) is 2.93. The van der Waals surface area contributed by atoms with Crippen LogP contribution in [0.25, 0.3) is 0 Å². The van der Waals surface area contributed by atoms with Crippen LogP contribution < -0.4 is 0 Å². The van der Waals surface area contributed by atoms with E-state index in [9.17, 15) is 0 Å². The van der Waals surface area contributed by atoms with Gasteiger partial charge in [-0.1, -0.05) is 18.5 Å². The second-order valence-corrected chi connectivity index (χ2v) is 4.48. The molecular weight excluding hydrogens is 246 g/mol. The Morgan fingerprint density at radius 3 is 3.00 bits per heavy atom. The summed E-state index contributed by atoms with van der Waals surface area (Å²) in [5.74, 6) is 0.761. The van der Waals surface area contributed by atoms with Gasteiger partial charge < -0.3 is 0 Å². The maximum Gasteiger partial charge on any atom is 0.189 e. The molecular formula is C9H10ClN5S. The zero-order valence-corrected chi connectivity index (χ0v) is 10.2. The molecule has 2 aromatic heterocycles. The van der Waals surface area contributed by atoms with Crippen LogP contribution in [0.15, 0.2) is 22.6 Å². The quantitative estimate of drug-likeness (QED) is 0.850. The van der Waals surface area contributed by atoms with Gasteiger partial charge in [0.05, 0.1) is 0 Å². The average molecular weight is 256 g/mol. The number of aryl methyl sites for hydroxylation is 1. The third-order valence-corrected chi connectivity index (χ3v) is 2.79. The summed E-state index contributed by atoms with van der Waals surface area (Å²) in [6, 6.07) is 1.72. The number of H-pyrrole nitrogens is 1. The lowest BCUT2D eigenvalue weighted by Crippen LogP contribution is -1.96. The molecule has 0 atom stereocenters. The van der Waals surface area contributed by atoms with E-state index in [4.69, 9.17) is 11.6 Å². The highest BCUT2D eigenvalue weighted by Crippen LogP contribution is 2.24. The summed E-state index contributed by atoms with van der Waals surface area (Å²) in [7, 11) is 0. The Balaban J connectivity index is 2.20. The van der Waals surface area contributed by atoms with Gasteiger partial charge in [-0.05, 0) is 18.2 Å². The highest BCUT2D eigenvalue weighted by Gasteiger charge is 2.06. The fourth-order valence-corrected chi connectivity index (χ4v) is 2.16.